The van der Waals surface area contributed by atoms with Crippen LogP contribution >= 0.6 is 0 Å². The molecule has 4 nitrogen and oxygen atoms in total. The zero-order valence-electron chi connectivity index (χ0n) is 12.2. The Morgan fingerprint density at radius 3 is 2.95 bits per heavy atom. The number of morpholine rings is 1. The second kappa shape index (κ2) is 7.13. The molecule has 1 heterocycles. The highest BCUT2D eigenvalue weighted by Gasteiger charge is 2.28. The maximum atomic E-state index is 13.2. The van der Waals surface area contributed by atoms with Crippen LogP contribution in [0.2, 0.25) is 0 Å². The van der Waals surface area contributed by atoms with Crippen molar-refractivity contribution in [1.82, 2.24) is 10.3 Å². The molecule has 0 amide bonds. The standard InChI is InChI=1S/C15H24FN3O/c1-11(2)19-6-7-20-15(10-19)14(18-17)9-12-4-3-5-13(16)8-12/h3-5,8,11,14-15,18H,6-7,9-10,17H2,1-2H3. The summed E-state index contributed by atoms with van der Waals surface area (Å²) in [6, 6.07) is 7.11. The highest BCUT2D eigenvalue weighted by molar-refractivity contribution is 5.17. The lowest BCUT2D eigenvalue weighted by molar-refractivity contribution is -0.0552. The first-order valence-electron chi connectivity index (χ1n) is 7.16. The molecule has 0 spiro atoms. The molecule has 0 bridgehead atoms. The second-order valence-corrected chi connectivity index (χ2v) is 5.61. The monoisotopic (exact) mass is 281 g/mol. The van der Waals surface area contributed by atoms with Gasteiger partial charge in [-0.25, -0.2) is 4.39 Å². The van der Waals surface area contributed by atoms with Crippen LogP contribution in [-0.2, 0) is 11.2 Å². The van der Waals surface area contributed by atoms with Gasteiger partial charge in [0.1, 0.15) is 5.82 Å². The molecular formula is C15H24FN3O. The Bertz CT molecular complexity index is 427. The van der Waals surface area contributed by atoms with Crippen LogP contribution in [0.15, 0.2) is 24.3 Å². The molecule has 2 rings (SSSR count). The van der Waals surface area contributed by atoms with E-state index in [2.05, 4.69) is 24.2 Å². The first-order chi connectivity index (χ1) is 9.60. The molecule has 1 saturated heterocycles. The van der Waals surface area contributed by atoms with Crippen molar-refractivity contribution in [2.45, 2.75) is 38.5 Å². The fourth-order valence-electron chi connectivity index (χ4n) is 2.62. The summed E-state index contributed by atoms with van der Waals surface area (Å²) in [6.45, 7) is 6.87. The molecule has 20 heavy (non-hydrogen) atoms. The largest absolute Gasteiger partial charge is 0.374 e. The molecule has 112 valence electrons. The summed E-state index contributed by atoms with van der Waals surface area (Å²) in [5.41, 5.74) is 3.75. The number of nitrogens with two attached hydrogens (primary N) is 1. The molecule has 0 saturated carbocycles. The van der Waals surface area contributed by atoms with E-state index in [9.17, 15) is 4.39 Å². The lowest BCUT2D eigenvalue weighted by Crippen LogP contribution is -2.56. The molecule has 2 atom stereocenters. The van der Waals surface area contributed by atoms with E-state index in [-0.39, 0.29) is 18.0 Å². The average Bonchev–Trinajstić information content (AvgIpc) is 2.45. The van der Waals surface area contributed by atoms with Crippen molar-refractivity contribution < 1.29 is 9.13 Å². The Morgan fingerprint density at radius 1 is 1.50 bits per heavy atom. The van der Waals surface area contributed by atoms with Crippen molar-refractivity contribution in [3.8, 4) is 0 Å². The fourth-order valence-corrected chi connectivity index (χ4v) is 2.62. The Kier molecular flexibility index (Phi) is 5.48. The van der Waals surface area contributed by atoms with Crippen LogP contribution in [0.4, 0.5) is 4.39 Å². The first kappa shape index (κ1) is 15.4. The van der Waals surface area contributed by atoms with Gasteiger partial charge in [-0.05, 0) is 38.0 Å². The van der Waals surface area contributed by atoms with Crippen molar-refractivity contribution in [2.75, 3.05) is 19.7 Å². The summed E-state index contributed by atoms with van der Waals surface area (Å²) in [6.07, 6.45) is 0.685. The highest BCUT2D eigenvalue weighted by atomic mass is 19.1. The number of hydrazine groups is 1. The quantitative estimate of drug-likeness (QED) is 0.631. The van der Waals surface area contributed by atoms with Gasteiger partial charge in [-0.2, -0.15) is 0 Å². The van der Waals surface area contributed by atoms with E-state index >= 15 is 0 Å². The van der Waals surface area contributed by atoms with Gasteiger partial charge in [-0.3, -0.25) is 16.2 Å². The van der Waals surface area contributed by atoms with Crippen LogP contribution in [0.1, 0.15) is 19.4 Å². The van der Waals surface area contributed by atoms with E-state index in [1.165, 1.54) is 6.07 Å². The topological polar surface area (TPSA) is 50.5 Å². The Morgan fingerprint density at radius 2 is 2.30 bits per heavy atom. The number of rotatable bonds is 5. The number of nitrogens with one attached hydrogen (secondary N) is 1. The zero-order chi connectivity index (χ0) is 14.5. The minimum Gasteiger partial charge on any atom is -0.374 e. The van der Waals surface area contributed by atoms with Crippen LogP contribution in [0.3, 0.4) is 0 Å². The van der Waals surface area contributed by atoms with Crippen LogP contribution in [0.5, 0.6) is 0 Å². The lowest BCUT2D eigenvalue weighted by Gasteiger charge is -2.38. The van der Waals surface area contributed by atoms with Gasteiger partial charge in [-0.15, -0.1) is 0 Å². The molecule has 1 aromatic rings. The number of ether oxygens (including phenoxy) is 1. The first-order valence-corrected chi connectivity index (χ1v) is 7.16. The van der Waals surface area contributed by atoms with Gasteiger partial charge in [-0.1, -0.05) is 12.1 Å². The highest BCUT2D eigenvalue weighted by Crippen LogP contribution is 2.15. The maximum absolute atomic E-state index is 13.2. The Labute approximate surface area is 120 Å². The number of hydrogen-bond donors (Lipinski definition) is 2. The molecule has 1 fully saturated rings. The van der Waals surface area contributed by atoms with Crippen LogP contribution in [0.25, 0.3) is 0 Å². The van der Waals surface area contributed by atoms with Gasteiger partial charge in [0.25, 0.3) is 0 Å². The number of hydrogen-bond acceptors (Lipinski definition) is 4. The van der Waals surface area contributed by atoms with Crippen molar-refractivity contribution >= 4 is 0 Å². The minimum atomic E-state index is -0.216. The van der Waals surface area contributed by atoms with Gasteiger partial charge in [0.2, 0.25) is 0 Å². The summed E-state index contributed by atoms with van der Waals surface area (Å²) in [4.78, 5) is 2.38. The molecular weight excluding hydrogens is 257 g/mol. The molecule has 0 radical (unpaired) electrons. The normalized spacial score (nSPS) is 22.1. The third-order valence-electron chi connectivity index (χ3n) is 3.86. The third kappa shape index (κ3) is 3.99. The zero-order valence-corrected chi connectivity index (χ0v) is 12.2. The molecule has 1 aliphatic heterocycles. The summed E-state index contributed by atoms with van der Waals surface area (Å²) >= 11 is 0. The van der Waals surface area contributed by atoms with E-state index in [1.807, 2.05) is 6.07 Å². The number of nitrogens with zero attached hydrogens (tertiary/aromatic N) is 1. The molecule has 1 aliphatic rings. The van der Waals surface area contributed by atoms with Crippen LogP contribution < -0.4 is 11.3 Å². The Balaban J connectivity index is 2.00. The summed E-state index contributed by atoms with van der Waals surface area (Å²) in [5.74, 6) is 5.45. The van der Waals surface area contributed by atoms with E-state index < -0.39 is 0 Å². The van der Waals surface area contributed by atoms with E-state index in [0.717, 1.165) is 18.7 Å². The van der Waals surface area contributed by atoms with E-state index in [4.69, 9.17) is 10.6 Å². The van der Waals surface area contributed by atoms with Crippen molar-refractivity contribution in [3.05, 3.63) is 35.6 Å². The summed E-state index contributed by atoms with van der Waals surface area (Å²) < 4.78 is 19.1. The average molecular weight is 281 g/mol. The van der Waals surface area contributed by atoms with Gasteiger partial charge >= 0.3 is 0 Å². The lowest BCUT2D eigenvalue weighted by atomic mass is 10.00. The molecule has 0 aliphatic carbocycles. The Hall–Kier alpha value is -1.01. The van der Waals surface area contributed by atoms with Gasteiger partial charge in [0.15, 0.2) is 0 Å². The SMILES string of the molecule is CC(C)N1CCOC(C(Cc2cccc(F)c2)NN)C1. The summed E-state index contributed by atoms with van der Waals surface area (Å²) in [5, 5.41) is 0. The molecule has 5 heteroatoms. The fraction of sp³-hybridized carbons (Fsp3) is 0.600. The smallest absolute Gasteiger partial charge is 0.123 e. The van der Waals surface area contributed by atoms with Gasteiger partial charge in [0.05, 0.1) is 18.8 Å². The maximum Gasteiger partial charge on any atom is 0.123 e. The predicted molar refractivity (Wildman–Crippen MR) is 77.7 cm³/mol. The van der Waals surface area contributed by atoms with E-state index in [1.54, 1.807) is 12.1 Å². The van der Waals surface area contributed by atoms with Crippen molar-refractivity contribution in [3.63, 3.8) is 0 Å². The molecule has 2 unspecified atom stereocenters. The van der Waals surface area contributed by atoms with Crippen LogP contribution in [0, 0.1) is 5.82 Å². The predicted octanol–water partition coefficient (Wildman–Crippen LogP) is 1.31. The van der Waals surface area contributed by atoms with Crippen molar-refractivity contribution in [2.24, 2.45) is 5.84 Å². The van der Waals surface area contributed by atoms with Crippen molar-refractivity contribution in [1.29, 1.82) is 0 Å². The second-order valence-electron chi connectivity index (χ2n) is 5.61. The van der Waals surface area contributed by atoms with Gasteiger partial charge in [0, 0.05) is 19.1 Å². The third-order valence-corrected chi connectivity index (χ3v) is 3.86. The summed E-state index contributed by atoms with van der Waals surface area (Å²) in [7, 11) is 0. The van der Waals surface area contributed by atoms with Crippen LogP contribution in [-0.4, -0.2) is 42.8 Å². The molecule has 1 aromatic carbocycles. The molecule has 3 N–H and O–H groups in total. The number of benzene rings is 1. The van der Waals surface area contributed by atoms with Gasteiger partial charge < -0.3 is 4.74 Å². The van der Waals surface area contributed by atoms with E-state index in [0.29, 0.717) is 19.1 Å². The number of halogens is 1. The minimum absolute atomic E-state index is 0.0154. The molecule has 0 aromatic heterocycles.